The lowest BCUT2D eigenvalue weighted by atomic mass is 10.1. The molecule has 0 aliphatic carbocycles. The lowest BCUT2D eigenvalue weighted by Crippen LogP contribution is -2.56. The number of carbonyl (C=O) groups is 2. The summed E-state index contributed by atoms with van der Waals surface area (Å²) in [5.41, 5.74) is 2.48. The van der Waals surface area contributed by atoms with Crippen molar-refractivity contribution in [3.8, 4) is 0 Å². The number of alkyl carbamates (subject to hydrolysis) is 1. The molecule has 0 bridgehead atoms. The number of thioether (sulfide) groups is 1. The van der Waals surface area contributed by atoms with Crippen molar-refractivity contribution >= 4 is 44.7 Å². The van der Waals surface area contributed by atoms with E-state index in [-0.39, 0.29) is 10.9 Å². The highest BCUT2D eigenvalue weighted by Crippen LogP contribution is 2.25. The van der Waals surface area contributed by atoms with Crippen LogP contribution < -0.4 is 10.7 Å². The van der Waals surface area contributed by atoms with E-state index in [1.54, 1.807) is 37.5 Å². The van der Waals surface area contributed by atoms with Gasteiger partial charge in [0.15, 0.2) is 0 Å². The second kappa shape index (κ2) is 8.53. The quantitative estimate of drug-likeness (QED) is 0.538. The molecule has 0 saturated carbocycles. The maximum absolute atomic E-state index is 12.8. The summed E-state index contributed by atoms with van der Waals surface area (Å²) in [6.45, 7) is 6.79. The maximum Gasteiger partial charge on any atom is 0.408 e. The van der Waals surface area contributed by atoms with Crippen LogP contribution in [0.2, 0.25) is 0 Å². The van der Waals surface area contributed by atoms with Gasteiger partial charge in [0, 0.05) is 25.3 Å². The first kappa shape index (κ1) is 19.5. The predicted octanol–water partition coefficient (Wildman–Crippen LogP) is 2.26. The molecule has 2 atom stereocenters. The van der Waals surface area contributed by atoms with Gasteiger partial charge in [0.1, 0.15) is 16.6 Å². The topological polar surface area (TPSA) is 83.0 Å². The number of hydrogen-bond donors (Lipinski definition) is 2. The van der Waals surface area contributed by atoms with Crippen LogP contribution in [0.4, 0.5) is 4.79 Å². The predicted molar refractivity (Wildman–Crippen MR) is 99.3 cm³/mol. The normalized spacial score (nSPS) is 22.8. The van der Waals surface area contributed by atoms with Crippen LogP contribution in [0.25, 0.3) is 0 Å². The van der Waals surface area contributed by atoms with Crippen LogP contribution in [0.3, 0.4) is 0 Å². The van der Waals surface area contributed by atoms with E-state index in [0.29, 0.717) is 13.0 Å². The van der Waals surface area contributed by atoms with Crippen molar-refractivity contribution in [2.45, 2.75) is 56.6 Å². The molecule has 2 rings (SSSR count). The van der Waals surface area contributed by atoms with Crippen LogP contribution in [0.5, 0.6) is 0 Å². The number of aliphatic imine (C=N–C) groups is 1. The lowest BCUT2D eigenvalue weighted by molar-refractivity contribution is -0.137. The third-order valence-electron chi connectivity index (χ3n) is 3.42. The van der Waals surface area contributed by atoms with Gasteiger partial charge in [-0.1, -0.05) is 15.9 Å². The van der Waals surface area contributed by atoms with E-state index in [1.807, 2.05) is 0 Å². The number of ether oxygens (including phenoxy) is 1. The monoisotopic (exact) mass is 420 g/mol. The number of nitrogens with zero attached hydrogens (tertiary/aromatic N) is 2. The third kappa shape index (κ3) is 6.25. The zero-order valence-electron chi connectivity index (χ0n) is 14.3. The zero-order chi connectivity index (χ0) is 17.7. The summed E-state index contributed by atoms with van der Waals surface area (Å²) in [6, 6.07) is -0.686. The zero-order valence-corrected chi connectivity index (χ0v) is 16.7. The van der Waals surface area contributed by atoms with Crippen LogP contribution in [0.1, 0.15) is 40.0 Å². The molecule has 2 amide bonds. The van der Waals surface area contributed by atoms with Crippen LogP contribution in [0, 0.1) is 0 Å². The summed E-state index contributed by atoms with van der Waals surface area (Å²) in [5, 5.41) is 5.17. The molecule has 0 radical (unpaired) electrons. The molecule has 1 saturated heterocycles. The van der Waals surface area contributed by atoms with Crippen molar-refractivity contribution in [1.29, 1.82) is 0 Å². The Balaban J connectivity index is 2.03. The Morgan fingerprint density at radius 3 is 2.79 bits per heavy atom. The molecule has 7 nitrogen and oxygen atoms in total. The van der Waals surface area contributed by atoms with E-state index in [4.69, 9.17) is 4.74 Å². The summed E-state index contributed by atoms with van der Waals surface area (Å²) in [5.74, 6) is 0.687. The minimum Gasteiger partial charge on any atom is -0.444 e. The van der Waals surface area contributed by atoms with Crippen molar-refractivity contribution in [2.24, 2.45) is 4.99 Å². The van der Waals surface area contributed by atoms with Crippen molar-refractivity contribution in [3.05, 3.63) is 0 Å². The van der Waals surface area contributed by atoms with Crippen molar-refractivity contribution in [3.63, 3.8) is 0 Å². The average molecular weight is 421 g/mol. The van der Waals surface area contributed by atoms with Gasteiger partial charge in [-0.15, -0.1) is 11.8 Å². The molecule has 0 spiro atoms. The largest absolute Gasteiger partial charge is 0.444 e. The van der Waals surface area contributed by atoms with Crippen molar-refractivity contribution in [1.82, 2.24) is 15.8 Å². The molecule has 1 fully saturated rings. The van der Waals surface area contributed by atoms with Gasteiger partial charge in [-0.3, -0.25) is 14.8 Å². The summed E-state index contributed by atoms with van der Waals surface area (Å²) < 4.78 is 5.29. The summed E-state index contributed by atoms with van der Waals surface area (Å²) in [6.07, 6.45) is 1.79. The van der Waals surface area contributed by atoms with Gasteiger partial charge in [-0.05, 0) is 33.6 Å². The highest BCUT2D eigenvalue weighted by Gasteiger charge is 2.31. The number of carbonyl (C=O) groups excluding carboxylic acids is 2. The van der Waals surface area contributed by atoms with E-state index in [1.165, 1.54) is 0 Å². The van der Waals surface area contributed by atoms with Crippen molar-refractivity contribution < 1.29 is 14.3 Å². The van der Waals surface area contributed by atoms with Crippen molar-refractivity contribution in [2.75, 3.05) is 18.8 Å². The van der Waals surface area contributed by atoms with E-state index in [9.17, 15) is 9.59 Å². The number of alkyl halides is 1. The smallest absolute Gasteiger partial charge is 0.408 e. The van der Waals surface area contributed by atoms with Gasteiger partial charge in [-0.25, -0.2) is 10.2 Å². The van der Waals surface area contributed by atoms with Crippen LogP contribution >= 0.6 is 27.7 Å². The number of halogens is 1. The standard InChI is InChI=1S/C15H25BrN4O3S/c1-15(2,3)23-14(22)18-10(8-12-19-11(16)9-24-12)13(21)20-7-5-4-6-17-20/h10-11,17H,4-9H2,1-3H3,(H,18,22)/t10-,11?/m0/s1. The van der Waals surface area contributed by atoms with Gasteiger partial charge in [-0.2, -0.15) is 0 Å². The van der Waals surface area contributed by atoms with Crippen LogP contribution in [-0.4, -0.2) is 57.5 Å². The second-order valence-corrected chi connectivity index (χ2v) is 8.93. The molecule has 2 aliphatic rings. The minimum atomic E-state index is -0.686. The first-order chi connectivity index (χ1) is 11.2. The van der Waals surface area contributed by atoms with Gasteiger partial charge >= 0.3 is 6.09 Å². The average Bonchev–Trinajstić information content (AvgIpc) is 2.90. The number of rotatable bonds is 4. The fourth-order valence-corrected chi connectivity index (χ4v) is 4.07. The van der Waals surface area contributed by atoms with Crippen LogP contribution in [-0.2, 0) is 9.53 Å². The summed E-state index contributed by atoms with van der Waals surface area (Å²) >= 11 is 5.05. The minimum absolute atomic E-state index is 0.0721. The molecule has 9 heteroatoms. The highest BCUT2D eigenvalue weighted by atomic mass is 79.9. The lowest BCUT2D eigenvalue weighted by Gasteiger charge is -2.31. The molecule has 0 aromatic rings. The van der Waals surface area contributed by atoms with Crippen LogP contribution in [0.15, 0.2) is 4.99 Å². The van der Waals surface area contributed by atoms with E-state index in [0.717, 1.165) is 30.2 Å². The van der Waals surface area contributed by atoms with Gasteiger partial charge in [0.05, 0.1) is 5.04 Å². The Hall–Kier alpha value is -0.800. The molecule has 2 N–H and O–H groups in total. The SMILES string of the molecule is CC(C)(C)OC(=O)N[C@@H](CC1=NC(Br)CS1)C(=O)N1CCCCN1. The number of amides is 2. The van der Waals surface area contributed by atoms with E-state index < -0.39 is 17.7 Å². The molecule has 2 aliphatic heterocycles. The fourth-order valence-electron chi connectivity index (χ4n) is 2.40. The Morgan fingerprint density at radius 1 is 1.50 bits per heavy atom. The second-order valence-electron chi connectivity index (χ2n) is 6.78. The summed E-state index contributed by atoms with van der Waals surface area (Å²) in [7, 11) is 0. The molecular formula is C15H25BrN4O3S. The number of hydrogen-bond acceptors (Lipinski definition) is 6. The third-order valence-corrected chi connectivity index (χ3v) is 5.46. The van der Waals surface area contributed by atoms with Gasteiger partial charge in [0.2, 0.25) is 0 Å². The first-order valence-electron chi connectivity index (χ1n) is 8.12. The Bertz CT molecular complexity index is 503. The Morgan fingerprint density at radius 2 is 2.25 bits per heavy atom. The van der Waals surface area contributed by atoms with E-state index in [2.05, 4.69) is 31.7 Å². The number of nitrogens with one attached hydrogen (secondary N) is 2. The van der Waals surface area contributed by atoms with Gasteiger partial charge < -0.3 is 10.1 Å². The summed E-state index contributed by atoms with van der Waals surface area (Å²) in [4.78, 5) is 29.4. The molecule has 136 valence electrons. The van der Waals surface area contributed by atoms with Gasteiger partial charge in [0.25, 0.3) is 5.91 Å². The Kier molecular flexibility index (Phi) is 6.94. The fraction of sp³-hybridized carbons (Fsp3) is 0.800. The van der Waals surface area contributed by atoms with E-state index >= 15 is 0 Å². The maximum atomic E-state index is 12.8. The molecule has 1 unspecified atom stereocenters. The number of hydrazine groups is 1. The molecule has 2 heterocycles. The Labute approximate surface area is 155 Å². The highest BCUT2D eigenvalue weighted by molar-refractivity contribution is 9.09. The molecule has 0 aromatic heterocycles. The molecule has 0 aromatic carbocycles. The first-order valence-corrected chi connectivity index (χ1v) is 10.0. The molecular weight excluding hydrogens is 396 g/mol. The molecule has 24 heavy (non-hydrogen) atoms.